The Labute approximate surface area is 423 Å². The van der Waals surface area contributed by atoms with E-state index < -0.39 is 60.4 Å². The summed E-state index contributed by atoms with van der Waals surface area (Å²) in [5.74, 6) is -3.07. The first-order valence-electron chi connectivity index (χ1n) is 26.5. The van der Waals surface area contributed by atoms with Gasteiger partial charge in [0.25, 0.3) is 0 Å². The number of methoxy groups -OCH3 is 1. The van der Waals surface area contributed by atoms with Gasteiger partial charge in [-0.3, -0.25) is 4.79 Å². The van der Waals surface area contributed by atoms with Crippen LogP contribution in [0.1, 0.15) is 107 Å². The van der Waals surface area contributed by atoms with Crippen LogP contribution in [0.15, 0.2) is 78.4 Å². The predicted molar refractivity (Wildman–Crippen MR) is 269 cm³/mol. The normalized spacial score (nSPS) is 37.9. The van der Waals surface area contributed by atoms with Gasteiger partial charge in [-0.25, -0.2) is 4.79 Å². The zero-order chi connectivity index (χ0) is 51.3. The third-order valence-electron chi connectivity index (χ3n) is 18.2. The lowest BCUT2D eigenvalue weighted by Crippen LogP contribution is -2.71. The van der Waals surface area contributed by atoms with E-state index in [1.165, 1.54) is 19.3 Å². The summed E-state index contributed by atoms with van der Waals surface area (Å²) >= 11 is 0. The molecule has 2 aliphatic heterocycles. The summed E-state index contributed by atoms with van der Waals surface area (Å²) in [6.45, 7) is 8.30. The molecular formula is C58H77NO13. The average molecular weight is 996 g/mol. The van der Waals surface area contributed by atoms with Crippen LogP contribution in [0, 0.1) is 52.3 Å². The zero-order valence-electron chi connectivity index (χ0n) is 42.4. The number of carbonyl (C=O) groups excluding carboxylic acids is 2. The number of aliphatic hydroxyl groups is 6. The van der Waals surface area contributed by atoms with Gasteiger partial charge < -0.3 is 60.0 Å². The highest BCUT2D eigenvalue weighted by molar-refractivity contribution is 5.94. The van der Waals surface area contributed by atoms with E-state index in [-0.39, 0.29) is 90.1 Å². The van der Waals surface area contributed by atoms with Crippen LogP contribution in [0.3, 0.4) is 0 Å². The molecule has 6 bridgehead atoms. The summed E-state index contributed by atoms with van der Waals surface area (Å²) in [6, 6.07) is 9.91. The standard InChI is InChI=1S/C58H77NO13/c1-32(2)40-14-19-56-20-15-41(33(3)28-56)45(57(56)21-16-42(40)48(64)29-57)11-13-50(65)70-53-51(66)52-46(59-30-34(4)62)17-22-58(68,72-52)54(53)71-55(67)39(24-36-7-12-47(63)49(26-36)69-5)27-44-38(31-61)10-9-37-8-6-35(18-23-60)25-43(37)44/h6-8,12,15-17,20-22,24-26,32-34,38,40-42,44-46,48,51-54,59-64,66,68H,9-11,13-14,18-19,23,27-31H2,1-5H3/b39-24+/t33-,34+,38-,40+,41+,42-,44-,45-,46+,48-,51+,52+,53-,54-,56-,57-,58-/m1/s1. The van der Waals surface area contributed by atoms with Crippen molar-refractivity contribution in [3.05, 3.63) is 101 Å². The number of aliphatic hydroxyl groups excluding tert-OH is 5. The number of fused-ring (bicyclic) bond motifs is 7. The zero-order valence-corrected chi connectivity index (χ0v) is 42.4. The second-order valence-electron chi connectivity index (χ2n) is 22.8. The number of ether oxygens (including phenoxy) is 4. The molecule has 14 heteroatoms. The Morgan fingerprint density at radius 1 is 0.972 bits per heavy atom. The Balaban J connectivity index is 1.04. The molecule has 11 rings (SSSR count). The van der Waals surface area contributed by atoms with Crippen molar-refractivity contribution in [2.24, 2.45) is 52.3 Å². The molecular weight excluding hydrogens is 919 g/mol. The van der Waals surface area contributed by atoms with Gasteiger partial charge in [-0.2, -0.15) is 0 Å². The van der Waals surface area contributed by atoms with Gasteiger partial charge in [0.2, 0.25) is 5.79 Å². The number of carbonyl (C=O) groups is 2. The predicted octanol–water partition coefficient (Wildman–Crippen LogP) is 5.83. The van der Waals surface area contributed by atoms with Crippen molar-refractivity contribution < 1.29 is 64.3 Å². The molecule has 392 valence electrons. The fourth-order valence-corrected chi connectivity index (χ4v) is 14.5. The molecule has 7 aliphatic carbocycles. The van der Waals surface area contributed by atoms with E-state index in [2.05, 4.69) is 50.4 Å². The van der Waals surface area contributed by atoms with Crippen LogP contribution in [0.2, 0.25) is 0 Å². The molecule has 8 N–H and O–H groups in total. The van der Waals surface area contributed by atoms with Crippen molar-refractivity contribution in [3.8, 4) is 11.5 Å². The van der Waals surface area contributed by atoms with Crippen LogP contribution in [-0.4, -0.2) is 123 Å². The third-order valence-corrected chi connectivity index (χ3v) is 18.2. The summed E-state index contributed by atoms with van der Waals surface area (Å²) < 4.78 is 24.2. The maximum absolute atomic E-state index is 15.1. The number of aryl methyl sites for hydroxylation is 1. The minimum Gasteiger partial charge on any atom is -0.504 e. The van der Waals surface area contributed by atoms with E-state index in [9.17, 15) is 40.5 Å². The van der Waals surface area contributed by atoms with Crippen molar-refractivity contribution in [3.63, 3.8) is 0 Å². The van der Waals surface area contributed by atoms with Gasteiger partial charge in [-0.05, 0) is 158 Å². The van der Waals surface area contributed by atoms with Gasteiger partial charge in [-0.15, -0.1) is 0 Å². The lowest BCUT2D eigenvalue weighted by Gasteiger charge is -2.66. The molecule has 2 heterocycles. The number of hydrogen-bond donors (Lipinski definition) is 8. The molecule has 2 spiro atoms. The summed E-state index contributed by atoms with van der Waals surface area (Å²) in [6.07, 6.45) is 12.4. The molecule has 3 fully saturated rings. The Kier molecular flexibility index (Phi) is 15.4. The van der Waals surface area contributed by atoms with Crippen LogP contribution in [-0.2, 0) is 36.6 Å². The highest BCUT2D eigenvalue weighted by atomic mass is 16.7. The molecule has 2 aromatic rings. The van der Waals surface area contributed by atoms with Gasteiger partial charge in [0.05, 0.1) is 25.4 Å². The molecule has 72 heavy (non-hydrogen) atoms. The smallest absolute Gasteiger partial charge is 0.334 e. The molecule has 0 unspecified atom stereocenters. The maximum Gasteiger partial charge on any atom is 0.334 e. The second kappa shape index (κ2) is 21.1. The minimum atomic E-state index is -2.37. The Morgan fingerprint density at radius 2 is 1.76 bits per heavy atom. The summed E-state index contributed by atoms with van der Waals surface area (Å²) in [5.41, 5.74) is 2.98. The highest BCUT2D eigenvalue weighted by Crippen LogP contribution is 2.70. The van der Waals surface area contributed by atoms with Crippen LogP contribution >= 0.6 is 0 Å². The van der Waals surface area contributed by atoms with Gasteiger partial charge in [0, 0.05) is 43.1 Å². The quantitative estimate of drug-likeness (QED) is 0.0531. The Morgan fingerprint density at radius 3 is 2.47 bits per heavy atom. The number of hydrogen-bond acceptors (Lipinski definition) is 14. The van der Waals surface area contributed by atoms with E-state index in [1.807, 2.05) is 18.2 Å². The number of rotatable bonds is 17. The van der Waals surface area contributed by atoms with Gasteiger partial charge >= 0.3 is 11.9 Å². The van der Waals surface area contributed by atoms with Crippen molar-refractivity contribution in [1.29, 1.82) is 0 Å². The van der Waals surface area contributed by atoms with Crippen molar-refractivity contribution in [2.75, 3.05) is 26.9 Å². The SMILES string of the molecule is COc1cc(/C=C(\C[C@H]2c3cc(CCO)ccc3CC[C@@H]2CO)C(=O)O[C@@H]2[C@H](OC(=O)CC[C@@H]3[C@H]4C=C[C@]5(CC[C@@H](C(C)C)[C@H]6C=C[C@@]35C[C@H]6O)C[C@H]4C)[C@@H](O)[C@H]3O[C@]2(O)C=C[C@@H]3NC[C@H](C)O)ccc1O. The van der Waals surface area contributed by atoms with E-state index >= 15 is 4.79 Å². The molecule has 0 aromatic heterocycles. The number of allylic oxidation sites excluding steroid dienone is 3. The number of phenolic OH excluding ortho intramolecular Hbond substituents is 1. The van der Waals surface area contributed by atoms with Crippen LogP contribution in [0.5, 0.6) is 11.5 Å². The Hall–Kier alpha value is -4.38. The first kappa shape index (κ1) is 52.5. The molecule has 0 radical (unpaired) electrons. The van der Waals surface area contributed by atoms with Gasteiger partial charge in [-0.1, -0.05) is 75.4 Å². The van der Waals surface area contributed by atoms with Crippen LogP contribution in [0.4, 0.5) is 0 Å². The number of aromatic hydroxyl groups is 1. The topological polar surface area (TPSA) is 225 Å². The van der Waals surface area contributed by atoms with Crippen molar-refractivity contribution in [1.82, 2.24) is 5.32 Å². The van der Waals surface area contributed by atoms with E-state index in [1.54, 1.807) is 31.2 Å². The first-order valence-corrected chi connectivity index (χ1v) is 26.5. The lowest BCUT2D eigenvalue weighted by atomic mass is 9.38. The molecule has 9 aliphatic rings. The summed E-state index contributed by atoms with van der Waals surface area (Å²) in [5, 5.41) is 80.9. The van der Waals surface area contributed by atoms with Gasteiger partial charge in [0.15, 0.2) is 23.7 Å². The molecule has 2 aromatic carbocycles. The number of benzene rings is 2. The van der Waals surface area contributed by atoms with Crippen LogP contribution < -0.4 is 10.1 Å². The highest BCUT2D eigenvalue weighted by Gasteiger charge is 2.64. The maximum atomic E-state index is 15.1. The molecule has 1 saturated heterocycles. The summed E-state index contributed by atoms with van der Waals surface area (Å²) in [7, 11) is 1.41. The largest absolute Gasteiger partial charge is 0.504 e. The number of nitrogens with one attached hydrogen (secondary N) is 1. The minimum absolute atomic E-state index is 0.0219. The third kappa shape index (κ3) is 9.75. The fraction of sp³-hybridized carbons (Fsp3) is 0.621. The van der Waals surface area contributed by atoms with Crippen molar-refractivity contribution >= 4 is 18.0 Å². The van der Waals surface area contributed by atoms with E-state index in [0.29, 0.717) is 55.4 Å². The average Bonchev–Trinajstić information content (AvgIpc) is 3.34. The molecule has 14 nitrogen and oxygen atoms in total. The van der Waals surface area contributed by atoms with E-state index in [0.717, 1.165) is 36.0 Å². The molecule has 0 amide bonds. The van der Waals surface area contributed by atoms with Gasteiger partial charge in [0.1, 0.15) is 12.2 Å². The second-order valence-corrected chi connectivity index (χ2v) is 22.8. The summed E-state index contributed by atoms with van der Waals surface area (Å²) in [4.78, 5) is 29.7. The fourth-order valence-electron chi connectivity index (χ4n) is 14.5. The number of esters is 2. The van der Waals surface area contributed by atoms with E-state index in [4.69, 9.17) is 18.9 Å². The molecule has 17 atom stereocenters. The molecule has 2 saturated carbocycles. The Bertz CT molecular complexity index is 2430. The lowest BCUT2D eigenvalue weighted by molar-refractivity contribution is -0.333. The monoisotopic (exact) mass is 996 g/mol. The number of phenols is 1. The van der Waals surface area contributed by atoms with Crippen molar-refractivity contribution in [2.45, 2.75) is 146 Å². The first-order chi connectivity index (χ1) is 34.4. The van der Waals surface area contributed by atoms with Crippen LogP contribution in [0.25, 0.3) is 6.08 Å².